The molecule has 0 aliphatic carbocycles. The van der Waals surface area contributed by atoms with Crippen LogP contribution >= 0.6 is 11.6 Å². The highest BCUT2D eigenvalue weighted by Crippen LogP contribution is 2.22. The minimum absolute atomic E-state index is 0.328. The lowest BCUT2D eigenvalue weighted by Gasteiger charge is -2.15. The van der Waals surface area contributed by atoms with Gasteiger partial charge in [0.15, 0.2) is 0 Å². The van der Waals surface area contributed by atoms with E-state index in [1.807, 2.05) is 36.4 Å². The summed E-state index contributed by atoms with van der Waals surface area (Å²) >= 11 is 6.14. The van der Waals surface area contributed by atoms with E-state index < -0.39 is 0 Å². The van der Waals surface area contributed by atoms with Crippen LogP contribution in [0.2, 0.25) is 5.02 Å². The fourth-order valence-corrected chi connectivity index (χ4v) is 2.32. The molecule has 2 aromatic rings. The van der Waals surface area contributed by atoms with Gasteiger partial charge in [0.25, 0.3) is 0 Å². The highest BCUT2D eigenvalue weighted by molar-refractivity contribution is 6.31. The fraction of sp³-hybridized carbons (Fsp3) is 0.333. The third-order valence-corrected chi connectivity index (χ3v) is 3.78. The van der Waals surface area contributed by atoms with Crippen LogP contribution in [0.5, 0.6) is 5.75 Å². The predicted octanol–water partition coefficient (Wildman–Crippen LogP) is 4.98. The standard InChI is InChI=1S/C18H22ClNO/c1-3-11-20-14(2)15-8-6-9-17(12-15)21-13-16-7-4-5-10-18(16)19/h4-10,12,14,20H,3,11,13H2,1-2H3. The second-order valence-corrected chi connectivity index (χ2v) is 5.54. The van der Waals surface area contributed by atoms with Gasteiger partial charge in [-0.3, -0.25) is 0 Å². The zero-order chi connectivity index (χ0) is 15.1. The molecular weight excluding hydrogens is 282 g/mol. The zero-order valence-electron chi connectivity index (χ0n) is 12.6. The Morgan fingerprint density at radius 3 is 2.71 bits per heavy atom. The highest BCUT2D eigenvalue weighted by Gasteiger charge is 2.06. The third-order valence-electron chi connectivity index (χ3n) is 3.41. The Bertz CT molecular complexity index is 571. The van der Waals surface area contributed by atoms with E-state index in [4.69, 9.17) is 16.3 Å². The normalized spacial score (nSPS) is 12.1. The number of ether oxygens (including phenoxy) is 1. The number of nitrogens with one attached hydrogen (secondary N) is 1. The molecule has 1 N–H and O–H groups in total. The van der Waals surface area contributed by atoms with E-state index in [0.29, 0.717) is 12.6 Å². The minimum atomic E-state index is 0.328. The lowest BCUT2D eigenvalue weighted by atomic mass is 10.1. The van der Waals surface area contributed by atoms with Crippen molar-refractivity contribution in [2.45, 2.75) is 32.9 Å². The van der Waals surface area contributed by atoms with Crippen LogP contribution in [0.4, 0.5) is 0 Å². The molecule has 0 bridgehead atoms. The number of halogens is 1. The summed E-state index contributed by atoms with van der Waals surface area (Å²) in [5.74, 6) is 0.873. The van der Waals surface area contributed by atoms with Gasteiger partial charge in [0.05, 0.1) is 0 Å². The largest absolute Gasteiger partial charge is 0.489 e. The zero-order valence-corrected chi connectivity index (χ0v) is 13.4. The predicted molar refractivity (Wildman–Crippen MR) is 88.9 cm³/mol. The third kappa shape index (κ3) is 4.76. The first-order valence-electron chi connectivity index (χ1n) is 7.40. The van der Waals surface area contributed by atoms with Crippen LogP contribution in [0.15, 0.2) is 48.5 Å². The molecule has 0 radical (unpaired) electrons. The SMILES string of the molecule is CCCNC(C)c1cccc(OCc2ccccc2Cl)c1. The monoisotopic (exact) mass is 303 g/mol. The Hall–Kier alpha value is -1.51. The van der Waals surface area contributed by atoms with Gasteiger partial charge in [0.1, 0.15) is 12.4 Å². The smallest absolute Gasteiger partial charge is 0.120 e. The molecule has 0 aliphatic heterocycles. The van der Waals surface area contributed by atoms with Crippen LogP contribution in [0, 0.1) is 0 Å². The minimum Gasteiger partial charge on any atom is -0.489 e. The molecule has 0 fully saturated rings. The van der Waals surface area contributed by atoms with E-state index in [0.717, 1.165) is 29.3 Å². The van der Waals surface area contributed by atoms with E-state index in [-0.39, 0.29) is 0 Å². The molecular formula is C18H22ClNO. The Morgan fingerprint density at radius 2 is 1.95 bits per heavy atom. The molecule has 1 atom stereocenters. The van der Waals surface area contributed by atoms with Gasteiger partial charge in [-0.15, -0.1) is 0 Å². The first kappa shape index (κ1) is 15.9. The van der Waals surface area contributed by atoms with Crippen molar-refractivity contribution in [2.75, 3.05) is 6.54 Å². The van der Waals surface area contributed by atoms with E-state index in [1.54, 1.807) is 0 Å². The summed E-state index contributed by atoms with van der Waals surface area (Å²) in [6, 6.07) is 16.3. The molecule has 21 heavy (non-hydrogen) atoms. The first-order chi connectivity index (χ1) is 10.2. The molecule has 0 heterocycles. The average molecular weight is 304 g/mol. The Labute approximate surface area is 132 Å². The van der Waals surface area contributed by atoms with Crippen molar-refractivity contribution < 1.29 is 4.74 Å². The van der Waals surface area contributed by atoms with Crippen molar-refractivity contribution in [3.8, 4) is 5.75 Å². The van der Waals surface area contributed by atoms with Crippen LogP contribution in [-0.2, 0) is 6.61 Å². The lowest BCUT2D eigenvalue weighted by molar-refractivity contribution is 0.305. The Balaban J connectivity index is 1.99. The van der Waals surface area contributed by atoms with Gasteiger partial charge < -0.3 is 10.1 Å². The molecule has 112 valence electrons. The molecule has 0 aromatic heterocycles. The fourth-order valence-electron chi connectivity index (χ4n) is 2.13. The van der Waals surface area contributed by atoms with Crippen LogP contribution in [0.1, 0.15) is 37.4 Å². The van der Waals surface area contributed by atoms with Crippen molar-refractivity contribution in [3.63, 3.8) is 0 Å². The van der Waals surface area contributed by atoms with Gasteiger partial charge in [-0.05, 0) is 43.7 Å². The number of hydrogen-bond donors (Lipinski definition) is 1. The molecule has 2 rings (SSSR count). The van der Waals surface area contributed by atoms with Gasteiger partial charge in [-0.25, -0.2) is 0 Å². The topological polar surface area (TPSA) is 21.3 Å². The maximum absolute atomic E-state index is 6.14. The molecule has 2 aromatic carbocycles. The van der Waals surface area contributed by atoms with Crippen LogP contribution in [0.3, 0.4) is 0 Å². The molecule has 1 unspecified atom stereocenters. The van der Waals surface area contributed by atoms with Gasteiger partial charge in [0, 0.05) is 16.6 Å². The van der Waals surface area contributed by atoms with Gasteiger partial charge in [0.2, 0.25) is 0 Å². The summed E-state index contributed by atoms with van der Waals surface area (Å²) in [6.45, 7) is 5.84. The molecule has 3 heteroatoms. The van der Waals surface area contributed by atoms with Crippen LogP contribution in [0.25, 0.3) is 0 Å². The molecule has 0 amide bonds. The summed E-state index contributed by atoms with van der Waals surface area (Å²) in [5, 5.41) is 4.22. The van der Waals surface area contributed by atoms with Gasteiger partial charge in [-0.1, -0.05) is 48.9 Å². The summed E-state index contributed by atoms with van der Waals surface area (Å²) in [7, 11) is 0. The van der Waals surface area contributed by atoms with E-state index in [9.17, 15) is 0 Å². The van der Waals surface area contributed by atoms with E-state index in [1.165, 1.54) is 5.56 Å². The summed E-state index contributed by atoms with van der Waals surface area (Å²) < 4.78 is 5.86. The van der Waals surface area contributed by atoms with E-state index in [2.05, 4.69) is 31.3 Å². The first-order valence-corrected chi connectivity index (χ1v) is 7.78. The molecule has 2 nitrogen and oxygen atoms in total. The van der Waals surface area contributed by atoms with Crippen molar-refractivity contribution in [1.29, 1.82) is 0 Å². The summed E-state index contributed by atoms with van der Waals surface area (Å²) in [4.78, 5) is 0. The molecule has 0 spiro atoms. The Morgan fingerprint density at radius 1 is 1.14 bits per heavy atom. The summed E-state index contributed by atoms with van der Waals surface area (Å²) in [5.41, 5.74) is 2.24. The summed E-state index contributed by atoms with van der Waals surface area (Å²) in [6.07, 6.45) is 1.13. The van der Waals surface area contributed by atoms with Gasteiger partial charge in [-0.2, -0.15) is 0 Å². The number of rotatable bonds is 7. The second kappa shape index (κ2) is 8.06. The average Bonchev–Trinajstić information content (AvgIpc) is 2.52. The maximum atomic E-state index is 6.14. The van der Waals surface area contributed by atoms with Crippen molar-refractivity contribution in [1.82, 2.24) is 5.32 Å². The van der Waals surface area contributed by atoms with E-state index >= 15 is 0 Å². The van der Waals surface area contributed by atoms with Crippen LogP contribution in [-0.4, -0.2) is 6.54 Å². The second-order valence-electron chi connectivity index (χ2n) is 5.13. The van der Waals surface area contributed by atoms with Crippen LogP contribution < -0.4 is 10.1 Å². The molecule has 0 saturated heterocycles. The quantitative estimate of drug-likeness (QED) is 0.779. The highest BCUT2D eigenvalue weighted by atomic mass is 35.5. The Kier molecular flexibility index (Phi) is 6.09. The number of hydrogen-bond acceptors (Lipinski definition) is 2. The number of benzene rings is 2. The van der Waals surface area contributed by atoms with Gasteiger partial charge >= 0.3 is 0 Å². The molecule has 0 aliphatic rings. The van der Waals surface area contributed by atoms with Crippen molar-refractivity contribution in [2.24, 2.45) is 0 Å². The van der Waals surface area contributed by atoms with Crippen molar-refractivity contribution >= 4 is 11.6 Å². The maximum Gasteiger partial charge on any atom is 0.120 e. The lowest BCUT2D eigenvalue weighted by Crippen LogP contribution is -2.19. The van der Waals surface area contributed by atoms with Crippen molar-refractivity contribution in [3.05, 3.63) is 64.7 Å². The molecule has 0 saturated carbocycles.